The number of aryl methyl sites for hydroxylation is 1. The van der Waals surface area contributed by atoms with Gasteiger partial charge in [-0.1, -0.05) is 0 Å². The van der Waals surface area contributed by atoms with Crippen molar-refractivity contribution in [3.05, 3.63) is 65.9 Å². The van der Waals surface area contributed by atoms with Gasteiger partial charge in [0.05, 0.1) is 17.2 Å². The largest absolute Gasteiger partial charge is 0.472 e. The van der Waals surface area contributed by atoms with Gasteiger partial charge in [-0.2, -0.15) is 13.2 Å². The van der Waals surface area contributed by atoms with Gasteiger partial charge in [0.1, 0.15) is 11.8 Å². The average Bonchev–Trinajstić information content (AvgIpc) is 2.80. The lowest BCUT2D eigenvalue weighted by atomic mass is 9.98. The van der Waals surface area contributed by atoms with Crippen molar-refractivity contribution in [2.75, 3.05) is 6.54 Å². The molecule has 0 spiro atoms. The highest BCUT2D eigenvalue weighted by atomic mass is 19.4. The van der Waals surface area contributed by atoms with Crippen molar-refractivity contribution in [3.63, 3.8) is 0 Å². The number of carbonyl (C=O) groups is 1. The zero-order valence-corrected chi connectivity index (χ0v) is 18.1. The van der Waals surface area contributed by atoms with Crippen LogP contribution in [-0.2, 0) is 6.18 Å². The maximum absolute atomic E-state index is 13.5. The van der Waals surface area contributed by atoms with Crippen LogP contribution < -0.4 is 4.74 Å². The molecule has 3 aromatic heterocycles. The number of hydrogen-bond acceptors (Lipinski definition) is 6. The molecule has 7 nitrogen and oxygen atoms in total. The van der Waals surface area contributed by atoms with Gasteiger partial charge >= 0.3 is 6.18 Å². The van der Waals surface area contributed by atoms with E-state index in [-0.39, 0.29) is 23.5 Å². The minimum absolute atomic E-state index is 0.0842. The predicted octanol–water partition coefficient (Wildman–Crippen LogP) is 4.33. The van der Waals surface area contributed by atoms with E-state index < -0.39 is 17.8 Å². The van der Waals surface area contributed by atoms with Crippen LogP contribution in [0.2, 0.25) is 0 Å². The van der Waals surface area contributed by atoms with Crippen LogP contribution in [-0.4, -0.2) is 49.4 Å². The number of halogens is 3. The Kier molecular flexibility index (Phi) is 6.26. The number of aromatic nitrogens is 4. The van der Waals surface area contributed by atoms with Crippen LogP contribution in [0, 0.1) is 6.92 Å². The predicted molar refractivity (Wildman–Crippen MR) is 113 cm³/mol. The number of carbonyl (C=O) groups excluding carboxylic acids is 1. The molecule has 2 atom stereocenters. The van der Waals surface area contributed by atoms with Crippen LogP contribution >= 0.6 is 0 Å². The monoisotopic (exact) mass is 457 g/mol. The average molecular weight is 457 g/mol. The molecule has 1 aliphatic heterocycles. The number of amides is 1. The van der Waals surface area contributed by atoms with Crippen molar-refractivity contribution >= 4 is 5.91 Å². The first kappa shape index (κ1) is 22.6. The van der Waals surface area contributed by atoms with Crippen molar-refractivity contribution in [2.45, 2.75) is 45.0 Å². The molecule has 1 fully saturated rings. The fourth-order valence-corrected chi connectivity index (χ4v) is 3.81. The summed E-state index contributed by atoms with van der Waals surface area (Å²) < 4.78 is 44.2. The molecule has 1 aliphatic rings. The molecule has 0 saturated carbocycles. The maximum Gasteiger partial charge on any atom is 0.417 e. The number of ether oxygens (including phenoxy) is 1. The Labute approximate surface area is 188 Å². The van der Waals surface area contributed by atoms with Gasteiger partial charge in [0, 0.05) is 37.4 Å². The molecule has 0 bridgehead atoms. The van der Waals surface area contributed by atoms with Crippen molar-refractivity contribution in [2.24, 2.45) is 0 Å². The molecular formula is C23H22F3N5O2. The molecule has 172 valence electrons. The Balaban J connectivity index is 1.55. The molecular weight excluding hydrogens is 435 g/mol. The minimum Gasteiger partial charge on any atom is -0.472 e. The first-order valence-corrected chi connectivity index (χ1v) is 10.5. The number of rotatable bonds is 4. The van der Waals surface area contributed by atoms with Crippen LogP contribution in [0.15, 0.2) is 49.1 Å². The Morgan fingerprint density at radius 3 is 2.55 bits per heavy atom. The summed E-state index contributed by atoms with van der Waals surface area (Å²) in [6, 6.07) is 5.30. The van der Waals surface area contributed by atoms with Crippen molar-refractivity contribution in [3.8, 4) is 17.3 Å². The van der Waals surface area contributed by atoms with Crippen LogP contribution in [0.5, 0.6) is 5.88 Å². The normalized spacial score (nSPS) is 18.8. The maximum atomic E-state index is 13.5. The third-order valence-corrected chi connectivity index (χ3v) is 5.55. The van der Waals surface area contributed by atoms with Gasteiger partial charge in [-0.3, -0.25) is 9.78 Å². The molecule has 10 heteroatoms. The first-order chi connectivity index (χ1) is 15.7. The second-order valence-electron chi connectivity index (χ2n) is 7.90. The lowest BCUT2D eigenvalue weighted by molar-refractivity contribution is -0.137. The van der Waals surface area contributed by atoms with E-state index in [1.165, 1.54) is 6.07 Å². The molecule has 1 saturated heterocycles. The molecule has 4 heterocycles. The third-order valence-electron chi connectivity index (χ3n) is 5.55. The number of pyridine rings is 2. The molecule has 1 amide bonds. The van der Waals surface area contributed by atoms with Crippen LogP contribution in [0.25, 0.3) is 11.4 Å². The molecule has 0 radical (unpaired) electrons. The fraction of sp³-hybridized carbons (Fsp3) is 0.348. The second-order valence-corrected chi connectivity index (χ2v) is 7.90. The molecule has 0 N–H and O–H groups in total. The van der Waals surface area contributed by atoms with Gasteiger partial charge in [-0.15, -0.1) is 0 Å². The van der Waals surface area contributed by atoms with E-state index in [0.29, 0.717) is 30.8 Å². The Morgan fingerprint density at radius 2 is 1.88 bits per heavy atom. The van der Waals surface area contributed by atoms with E-state index in [2.05, 4.69) is 19.9 Å². The SMILES string of the molecule is Cc1cnc(C(=O)N2CCC[C@@H](Oc3ccc(C(F)(F)F)cn3)[C@@H]2C)c(-c2ncccn2)c1. The van der Waals surface area contributed by atoms with Gasteiger partial charge in [0.25, 0.3) is 5.91 Å². The van der Waals surface area contributed by atoms with Gasteiger partial charge < -0.3 is 9.64 Å². The van der Waals surface area contributed by atoms with E-state index in [4.69, 9.17) is 4.74 Å². The Hall–Kier alpha value is -3.56. The highest BCUT2D eigenvalue weighted by Gasteiger charge is 2.35. The zero-order valence-electron chi connectivity index (χ0n) is 18.1. The zero-order chi connectivity index (χ0) is 23.6. The number of piperidine rings is 1. The quantitative estimate of drug-likeness (QED) is 0.580. The summed E-state index contributed by atoms with van der Waals surface area (Å²) in [7, 11) is 0. The highest BCUT2D eigenvalue weighted by molar-refractivity contribution is 5.98. The van der Waals surface area contributed by atoms with E-state index in [1.807, 2.05) is 19.9 Å². The molecule has 0 aliphatic carbocycles. The molecule has 33 heavy (non-hydrogen) atoms. The van der Waals surface area contributed by atoms with E-state index >= 15 is 0 Å². The second kappa shape index (κ2) is 9.13. The van der Waals surface area contributed by atoms with Gasteiger partial charge in [0.15, 0.2) is 5.82 Å². The number of hydrogen-bond donors (Lipinski definition) is 0. The standard InChI is InChI=1S/C23H22F3N5O2/c1-14-11-17(21-27-8-4-9-28-21)20(30-12-14)22(32)31-10-3-5-18(15(31)2)33-19-7-6-16(13-29-19)23(24,25)26/h4,6-9,11-13,15,18H,3,5,10H2,1-2H3/t15-,18+/m0/s1. The molecule has 3 aromatic rings. The fourth-order valence-electron chi connectivity index (χ4n) is 3.81. The minimum atomic E-state index is -4.46. The highest BCUT2D eigenvalue weighted by Crippen LogP contribution is 2.30. The lowest BCUT2D eigenvalue weighted by Gasteiger charge is -2.39. The summed E-state index contributed by atoms with van der Waals surface area (Å²) in [6.07, 6.45) is 1.99. The van der Waals surface area contributed by atoms with E-state index in [9.17, 15) is 18.0 Å². The van der Waals surface area contributed by atoms with Crippen molar-refractivity contribution in [1.82, 2.24) is 24.8 Å². The third kappa shape index (κ3) is 4.94. The van der Waals surface area contributed by atoms with Crippen LogP contribution in [0.3, 0.4) is 0 Å². The first-order valence-electron chi connectivity index (χ1n) is 10.5. The number of alkyl halides is 3. The topological polar surface area (TPSA) is 81.1 Å². The number of likely N-dealkylation sites (tertiary alicyclic amines) is 1. The Morgan fingerprint density at radius 1 is 1.12 bits per heavy atom. The van der Waals surface area contributed by atoms with E-state index in [1.54, 1.807) is 29.6 Å². The summed E-state index contributed by atoms with van der Waals surface area (Å²) in [5, 5.41) is 0. The summed E-state index contributed by atoms with van der Waals surface area (Å²) in [5.74, 6) is 0.211. The smallest absolute Gasteiger partial charge is 0.417 e. The van der Waals surface area contributed by atoms with Gasteiger partial charge in [-0.25, -0.2) is 15.0 Å². The molecule has 0 unspecified atom stereocenters. The van der Waals surface area contributed by atoms with Crippen LogP contribution in [0.4, 0.5) is 13.2 Å². The molecule has 0 aromatic carbocycles. The number of nitrogens with zero attached hydrogens (tertiary/aromatic N) is 5. The summed E-state index contributed by atoms with van der Waals surface area (Å²) >= 11 is 0. The van der Waals surface area contributed by atoms with Crippen LogP contribution in [0.1, 0.15) is 41.4 Å². The lowest BCUT2D eigenvalue weighted by Crippen LogP contribution is -2.51. The Bertz CT molecular complexity index is 1120. The van der Waals surface area contributed by atoms with E-state index in [0.717, 1.165) is 17.8 Å². The van der Waals surface area contributed by atoms with Gasteiger partial charge in [-0.05, 0) is 50.5 Å². The summed E-state index contributed by atoms with van der Waals surface area (Å²) in [5.41, 5.74) is 0.812. The summed E-state index contributed by atoms with van der Waals surface area (Å²) in [4.78, 5) is 31.8. The summed E-state index contributed by atoms with van der Waals surface area (Å²) in [6.45, 7) is 4.22. The molecule has 4 rings (SSSR count). The van der Waals surface area contributed by atoms with Crippen molar-refractivity contribution < 1.29 is 22.7 Å². The van der Waals surface area contributed by atoms with Crippen molar-refractivity contribution in [1.29, 1.82) is 0 Å². The van der Waals surface area contributed by atoms with Gasteiger partial charge in [0.2, 0.25) is 5.88 Å².